The molecule has 2 N–H and O–H groups in total. The van der Waals surface area contributed by atoms with E-state index in [1.165, 1.54) is 18.2 Å². The lowest BCUT2D eigenvalue weighted by atomic mass is 10.2. The predicted molar refractivity (Wildman–Crippen MR) is 73.2 cm³/mol. The topological polar surface area (TPSA) is 61.4 Å². The Morgan fingerprint density at radius 3 is 2.75 bits per heavy atom. The van der Waals surface area contributed by atoms with Crippen molar-refractivity contribution in [3.8, 4) is 0 Å². The molecule has 0 atom stereocenters. The van der Waals surface area contributed by atoms with E-state index in [2.05, 4.69) is 10.6 Å². The monoisotopic (exact) mass is 299 g/mol. The van der Waals surface area contributed by atoms with Gasteiger partial charge >= 0.3 is 0 Å². The molecule has 2 amide bonds. The molecule has 2 rings (SSSR count). The molecule has 0 bridgehead atoms. The molecule has 1 aromatic rings. The summed E-state index contributed by atoms with van der Waals surface area (Å²) in [7, 11) is 0. The van der Waals surface area contributed by atoms with Gasteiger partial charge in [0.25, 0.3) is 5.91 Å². The fourth-order valence-electron chi connectivity index (χ4n) is 1.96. The summed E-state index contributed by atoms with van der Waals surface area (Å²) in [6.07, 6.45) is 0. The van der Waals surface area contributed by atoms with Crippen molar-refractivity contribution < 1.29 is 14.0 Å². The highest BCUT2D eigenvalue weighted by Crippen LogP contribution is 2.17. The van der Waals surface area contributed by atoms with Crippen LogP contribution in [0.2, 0.25) is 5.02 Å². The maximum Gasteiger partial charge on any atom is 0.254 e. The van der Waals surface area contributed by atoms with Crippen molar-refractivity contribution in [2.75, 3.05) is 32.7 Å². The predicted octanol–water partition coefficient (Wildman–Crippen LogP) is 0.641. The molecule has 7 heteroatoms. The summed E-state index contributed by atoms with van der Waals surface area (Å²) in [4.78, 5) is 25.3. The molecular formula is C13H15ClFN3O2. The molecule has 5 nitrogen and oxygen atoms in total. The van der Waals surface area contributed by atoms with Crippen LogP contribution >= 0.6 is 11.6 Å². The first kappa shape index (κ1) is 14.7. The van der Waals surface area contributed by atoms with Crippen LogP contribution < -0.4 is 10.6 Å². The van der Waals surface area contributed by atoms with Crippen molar-refractivity contribution in [2.24, 2.45) is 0 Å². The molecule has 1 heterocycles. The first-order chi connectivity index (χ1) is 9.59. The average molecular weight is 300 g/mol. The van der Waals surface area contributed by atoms with Crippen LogP contribution in [0.3, 0.4) is 0 Å². The zero-order valence-corrected chi connectivity index (χ0v) is 11.5. The number of hydrogen-bond acceptors (Lipinski definition) is 3. The van der Waals surface area contributed by atoms with Crippen LogP contribution in [-0.4, -0.2) is 49.4 Å². The van der Waals surface area contributed by atoms with E-state index < -0.39 is 11.7 Å². The second-order valence-corrected chi connectivity index (χ2v) is 4.82. The van der Waals surface area contributed by atoms with Gasteiger partial charge in [-0.25, -0.2) is 4.39 Å². The standard InChI is InChI=1S/C13H15ClFN3O2/c14-10-3-1-2-9(12(10)15)13(20)17-8-11(19)18-6-4-16-5-7-18/h1-3,16H,4-8H2,(H,17,20). The lowest BCUT2D eigenvalue weighted by Gasteiger charge is -2.27. The summed E-state index contributed by atoms with van der Waals surface area (Å²) in [5.41, 5.74) is -0.161. The van der Waals surface area contributed by atoms with Crippen LogP contribution in [0.5, 0.6) is 0 Å². The number of hydrogen-bond donors (Lipinski definition) is 2. The van der Waals surface area contributed by atoms with Crippen molar-refractivity contribution in [1.82, 2.24) is 15.5 Å². The first-order valence-corrected chi connectivity index (χ1v) is 6.68. The number of benzene rings is 1. The molecule has 1 saturated heterocycles. The number of carbonyl (C=O) groups excluding carboxylic acids is 2. The van der Waals surface area contributed by atoms with Gasteiger partial charge in [0, 0.05) is 26.2 Å². The molecule has 0 aliphatic carbocycles. The quantitative estimate of drug-likeness (QED) is 0.861. The maximum atomic E-state index is 13.6. The van der Waals surface area contributed by atoms with Crippen molar-refractivity contribution in [1.29, 1.82) is 0 Å². The van der Waals surface area contributed by atoms with Gasteiger partial charge in [0.15, 0.2) is 5.82 Å². The Labute approximate surface area is 121 Å². The molecule has 1 fully saturated rings. The number of nitrogens with zero attached hydrogens (tertiary/aromatic N) is 1. The zero-order chi connectivity index (χ0) is 14.5. The van der Waals surface area contributed by atoms with Crippen LogP contribution in [0.4, 0.5) is 4.39 Å². The molecule has 20 heavy (non-hydrogen) atoms. The number of nitrogens with one attached hydrogen (secondary N) is 2. The minimum atomic E-state index is -0.777. The van der Waals surface area contributed by atoms with Crippen LogP contribution in [0.1, 0.15) is 10.4 Å². The second kappa shape index (κ2) is 6.67. The lowest BCUT2D eigenvalue weighted by Crippen LogP contribution is -2.49. The highest BCUT2D eigenvalue weighted by Gasteiger charge is 2.18. The molecule has 0 spiro atoms. The van der Waals surface area contributed by atoms with E-state index in [4.69, 9.17) is 11.6 Å². The van der Waals surface area contributed by atoms with Gasteiger partial charge in [-0.2, -0.15) is 0 Å². The van der Waals surface area contributed by atoms with E-state index in [9.17, 15) is 14.0 Å². The number of carbonyl (C=O) groups is 2. The van der Waals surface area contributed by atoms with E-state index in [1.807, 2.05) is 0 Å². The van der Waals surface area contributed by atoms with E-state index in [0.29, 0.717) is 13.1 Å². The van der Waals surface area contributed by atoms with Gasteiger partial charge in [0.2, 0.25) is 5.91 Å². The average Bonchev–Trinajstić information content (AvgIpc) is 2.48. The van der Waals surface area contributed by atoms with Crippen LogP contribution in [0, 0.1) is 5.82 Å². The fourth-order valence-corrected chi connectivity index (χ4v) is 2.13. The van der Waals surface area contributed by atoms with Gasteiger partial charge in [-0.05, 0) is 12.1 Å². The molecule has 1 aromatic carbocycles. The lowest BCUT2D eigenvalue weighted by molar-refractivity contribution is -0.130. The van der Waals surface area contributed by atoms with Gasteiger partial charge < -0.3 is 15.5 Å². The van der Waals surface area contributed by atoms with Crippen molar-refractivity contribution in [3.05, 3.63) is 34.6 Å². The van der Waals surface area contributed by atoms with Gasteiger partial charge in [-0.1, -0.05) is 17.7 Å². The highest BCUT2D eigenvalue weighted by molar-refractivity contribution is 6.31. The van der Waals surface area contributed by atoms with Crippen molar-refractivity contribution in [2.45, 2.75) is 0 Å². The summed E-state index contributed by atoms with van der Waals surface area (Å²) in [5, 5.41) is 5.42. The Morgan fingerprint density at radius 2 is 2.05 bits per heavy atom. The summed E-state index contributed by atoms with van der Waals surface area (Å²) in [5.74, 6) is -1.60. The minimum absolute atomic E-state index is 0.119. The number of amides is 2. The van der Waals surface area contributed by atoms with E-state index in [0.717, 1.165) is 13.1 Å². The smallest absolute Gasteiger partial charge is 0.254 e. The van der Waals surface area contributed by atoms with Crippen LogP contribution in [0.25, 0.3) is 0 Å². The molecule has 1 aliphatic heterocycles. The first-order valence-electron chi connectivity index (χ1n) is 6.30. The van der Waals surface area contributed by atoms with Gasteiger partial charge in [-0.15, -0.1) is 0 Å². The van der Waals surface area contributed by atoms with Gasteiger partial charge in [0.1, 0.15) is 0 Å². The Hall–Kier alpha value is -1.66. The fraction of sp³-hybridized carbons (Fsp3) is 0.385. The third kappa shape index (κ3) is 3.46. The molecule has 0 radical (unpaired) electrons. The van der Waals surface area contributed by atoms with E-state index in [1.54, 1.807) is 4.90 Å². The third-order valence-electron chi connectivity index (χ3n) is 3.07. The summed E-state index contributed by atoms with van der Waals surface area (Å²) >= 11 is 5.61. The molecule has 108 valence electrons. The molecule has 1 aliphatic rings. The Bertz CT molecular complexity index is 518. The molecule has 0 saturated carbocycles. The summed E-state index contributed by atoms with van der Waals surface area (Å²) < 4.78 is 13.6. The van der Waals surface area contributed by atoms with Crippen LogP contribution in [0.15, 0.2) is 18.2 Å². The van der Waals surface area contributed by atoms with Gasteiger partial charge in [-0.3, -0.25) is 9.59 Å². The zero-order valence-electron chi connectivity index (χ0n) is 10.8. The number of piperazine rings is 1. The molecule has 0 aromatic heterocycles. The Morgan fingerprint density at radius 1 is 1.35 bits per heavy atom. The highest BCUT2D eigenvalue weighted by atomic mass is 35.5. The van der Waals surface area contributed by atoms with E-state index in [-0.39, 0.29) is 23.0 Å². The summed E-state index contributed by atoms with van der Waals surface area (Å²) in [6, 6.07) is 4.17. The van der Waals surface area contributed by atoms with Crippen LogP contribution in [-0.2, 0) is 4.79 Å². The largest absolute Gasteiger partial charge is 0.343 e. The number of rotatable bonds is 3. The van der Waals surface area contributed by atoms with Crippen molar-refractivity contribution >= 4 is 23.4 Å². The summed E-state index contributed by atoms with van der Waals surface area (Å²) in [6.45, 7) is 2.55. The van der Waals surface area contributed by atoms with E-state index >= 15 is 0 Å². The molecular weight excluding hydrogens is 285 g/mol. The minimum Gasteiger partial charge on any atom is -0.343 e. The second-order valence-electron chi connectivity index (χ2n) is 4.41. The Kier molecular flexibility index (Phi) is 4.92. The number of halogens is 2. The Balaban J connectivity index is 1.91. The maximum absolute atomic E-state index is 13.6. The normalized spacial score (nSPS) is 15.0. The van der Waals surface area contributed by atoms with Gasteiger partial charge in [0.05, 0.1) is 17.1 Å². The SMILES string of the molecule is O=C(NCC(=O)N1CCNCC1)c1cccc(Cl)c1F. The third-order valence-corrected chi connectivity index (χ3v) is 3.36. The molecule has 0 unspecified atom stereocenters. The van der Waals surface area contributed by atoms with Crippen molar-refractivity contribution in [3.63, 3.8) is 0 Å².